The third-order valence-corrected chi connectivity index (χ3v) is 2.30. The SMILES string of the molecule is Cc1ccc(F)c([C@@H]2CNC(=O)N2)c1. The summed E-state index contributed by atoms with van der Waals surface area (Å²) in [6, 6.07) is 4.41. The highest BCUT2D eigenvalue weighted by atomic mass is 19.1. The van der Waals surface area contributed by atoms with Crippen molar-refractivity contribution in [1.82, 2.24) is 10.6 Å². The topological polar surface area (TPSA) is 41.1 Å². The van der Waals surface area contributed by atoms with Gasteiger partial charge in [0.05, 0.1) is 6.04 Å². The lowest BCUT2D eigenvalue weighted by molar-refractivity contribution is 0.247. The molecule has 1 atom stereocenters. The smallest absolute Gasteiger partial charge is 0.315 e. The van der Waals surface area contributed by atoms with E-state index in [1.54, 1.807) is 12.1 Å². The first-order valence-electron chi connectivity index (χ1n) is 4.47. The monoisotopic (exact) mass is 194 g/mol. The van der Waals surface area contributed by atoms with Gasteiger partial charge in [0.25, 0.3) is 0 Å². The first-order valence-corrected chi connectivity index (χ1v) is 4.47. The van der Waals surface area contributed by atoms with Crippen LogP contribution in [0.15, 0.2) is 18.2 Å². The Balaban J connectivity index is 2.31. The average molecular weight is 194 g/mol. The van der Waals surface area contributed by atoms with Gasteiger partial charge in [0, 0.05) is 12.1 Å². The molecular formula is C10H11FN2O. The molecule has 2 amide bonds. The van der Waals surface area contributed by atoms with Crippen LogP contribution < -0.4 is 10.6 Å². The standard InChI is InChI=1S/C10H11FN2O/c1-6-2-3-8(11)7(4-6)9-5-12-10(14)13-9/h2-4,9H,5H2,1H3,(H2,12,13,14)/t9-/m0/s1. The van der Waals surface area contributed by atoms with E-state index in [0.29, 0.717) is 12.1 Å². The molecule has 0 saturated carbocycles. The van der Waals surface area contributed by atoms with E-state index in [1.165, 1.54) is 6.07 Å². The molecule has 0 aliphatic carbocycles. The average Bonchev–Trinajstić information content (AvgIpc) is 2.56. The fourth-order valence-corrected chi connectivity index (χ4v) is 1.57. The number of carbonyl (C=O) groups excluding carboxylic acids is 1. The molecular weight excluding hydrogens is 183 g/mol. The lowest BCUT2D eigenvalue weighted by atomic mass is 10.0. The van der Waals surface area contributed by atoms with Crippen LogP contribution in [0, 0.1) is 12.7 Å². The maximum atomic E-state index is 13.4. The van der Waals surface area contributed by atoms with Crippen LogP contribution in [0.2, 0.25) is 0 Å². The van der Waals surface area contributed by atoms with Crippen molar-refractivity contribution in [2.75, 3.05) is 6.54 Å². The quantitative estimate of drug-likeness (QED) is 0.698. The number of urea groups is 1. The Labute approximate surface area is 81.3 Å². The van der Waals surface area contributed by atoms with Crippen LogP contribution in [0.25, 0.3) is 0 Å². The number of halogens is 1. The van der Waals surface area contributed by atoms with Gasteiger partial charge >= 0.3 is 6.03 Å². The van der Waals surface area contributed by atoms with E-state index >= 15 is 0 Å². The van der Waals surface area contributed by atoms with E-state index in [1.807, 2.05) is 6.92 Å². The zero-order chi connectivity index (χ0) is 10.1. The van der Waals surface area contributed by atoms with Crippen LogP contribution in [0.5, 0.6) is 0 Å². The Morgan fingerprint density at radius 3 is 2.93 bits per heavy atom. The first-order chi connectivity index (χ1) is 6.66. The van der Waals surface area contributed by atoms with Gasteiger partial charge in [-0.3, -0.25) is 0 Å². The van der Waals surface area contributed by atoms with Crippen molar-refractivity contribution in [2.45, 2.75) is 13.0 Å². The number of rotatable bonds is 1. The summed E-state index contributed by atoms with van der Waals surface area (Å²) >= 11 is 0. The van der Waals surface area contributed by atoms with Crippen molar-refractivity contribution in [3.05, 3.63) is 35.1 Å². The van der Waals surface area contributed by atoms with Gasteiger partial charge in [0.1, 0.15) is 5.82 Å². The molecule has 2 rings (SSSR count). The van der Waals surface area contributed by atoms with E-state index in [9.17, 15) is 9.18 Å². The molecule has 1 aromatic rings. The van der Waals surface area contributed by atoms with Crippen molar-refractivity contribution in [1.29, 1.82) is 0 Å². The molecule has 0 radical (unpaired) electrons. The predicted octanol–water partition coefficient (Wildman–Crippen LogP) is 1.49. The van der Waals surface area contributed by atoms with Gasteiger partial charge in [-0.25, -0.2) is 9.18 Å². The molecule has 0 unspecified atom stereocenters. The van der Waals surface area contributed by atoms with E-state index in [2.05, 4.69) is 10.6 Å². The van der Waals surface area contributed by atoms with Crippen molar-refractivity contribution in [2.24, 2.45) is 0 Å². The number of benzene rings is 1. The van der Waals surface area contributed by atoms with Crippen molar-refractivity contribution < 1.29 is 9.18 Å². The minimum atomic E-state index is -0.274. The molecule has 1 aromatic carbocycles. The van der Waals surface area contributed by atoms with Crippen LogP contribution in [-0.2, 0) is 0 Å². The fourth-order valence-electron chi connectivity index (χ4n) is 1.57. The Hall–Kier alpha value is -1.58. The molecule has 1 saturated heterocycles. The Bertz CT molecular complexity index is 378. The zero-order valence-corrected chi connectivity index (χ0v) is 7.80. The van der Waals surface area contributed by atoms with Gasteiger partial charge in [-0.2, -0.15) is 0 Å². The molecule has 3 nitrogen and oxygen atoms in total. The first kappa shape index (κ1) is 8.99. The molecule has 0 spiro atoms. The van der Waals surface area contributed by atoms with Gasteiger partial charge in [-0.15, -0.1) is 0 Å². The van der Waals surface area contributed by atoms with Gasteiger partial charge in [-0.1, -0.05) is 17.7 Å². The zero-order valence-electron chi connectivity index (χ0n) is 7.80. The van der Waals surface area contributed by atoms with Gasteiger partial charge < -0.3 is 10.6 Å². The Kier molecular flexibility index (Phi) is 2.11. The number of carbonyl (C=O) groups is 1. The van der Waals surface area contributed by atoms with Gasteiger partial charge in [0.15, 0.2) is 0 Å². The summed E-state index contributed by atoms with van der Waals surface area (Å²) in [7, 11) is 0. The second-order valence-electron chi connectivity index (χ2n) is 3.43. The molecule has 0 aromatic heterocycles. The molecule has 14 heavy (non-hydrogen) atoms. The Morgan fingerprint density at radius 2 is 2.29 bits per heavy atom. The number of amides is 2. The van der Waals surface area contributed by atoms with Crippen molar-refractivity contribution >= 4 is 6.03 Å². The number of hydrogen-bond acceptors (Lipinski definition) is 1. The minimum absolute atomic E-state index is 0.240. The predicted molar refractivity (Wildman–Crippen MR) is 50.4 cm³/mol. The normalized spacial score (nSPS) is 20.4. The van der Waals surface area contributed by atoms with E-state index in [4.69, 9.17) is 0 Å². The molecule has 1 aliphatic heterocycles. The molecule has 74 valence electrons. The number of hydrogen-bond donors (Lipinski definition) is 2. The fraction of sp³-hybridized carbons (Fsp3) is 0.300. The highest BCUT2D eigenvalue weighted by Crippen LogP contribution is 2.20. The maximum absolute atomic E-state index is 13.4. The highest BCUT2D eigenvalue weighted by Gasteiger charge is 2.23. The second-order valence-corrected chi connectivity index (χ2v) is 3.43. The van der Waals surface area contributed by atoms with Crippen molar-refractivity contribution in [3.8, 4) is 0 Å². The summed E-state index contributed by atoms with van der Waals surface area (Å²) in [5, 5.41) is 5.25. The van der Waals surface area contributed by atoms with E-state index < -0.39 is 0 Å². The van der Waals surface area contributed by atoms with Crippen LogP contribution in [0.4, 0.5) is 9.18 Å². The van der Waals surface area contributed by atoms with Gasteiger partial charge in [-0.05, 0) is 13.0 Å². The van der Waals surface area contributed by atoms with Crippen molar-refractivity contribution in [3.63, 3.8) is 0 Å². The summed E-state index contributed by atoms with van der Waals surface area (Å²) in [5.74, 6) is -0.274. The lowest BCUT2D eigenvalue weighted by Gasteiger charge is -2.10. The highest BCUT2D eigenvalue weighted by molar-refractivity contribution is 5.76. The minimum Gasteiger partial charge on any atom is -0.336 e. The van der Waals surface area contributed by atoms with Crippen LogP contribution in [0.1, 0.15) is 17.2 Å². The summed E-state index contributed by atoms with van der Waals surface area (Å²) in [6.45, 7) is 2.34. The molecule has 4 heteroatoms. The maximum Gasteiger partial charge on any atom is 0.315 e. The largest absolute Gasteiger partial charge is 0.336 e. The third kappa shape index (κ3) is 1.55. The summed E-state index contributed by atoms with van der Waals surface area (Å²) in [4.78, 5) is 10.9. The molecule has 1 heterocycles. The second kappa shape index (κ2) is 3.29. The lowest BCUT2D eigenvalue weighted by Crippen LogP contribution is -2.22. The van der Waals surface area contributed by atoms with Crippen LogP contribution in [-0.4, -0.2) is 12.6 Å². The van der Waals surface area contributed by atoms with E-state index in [-0.39, 0.29) is 17.9 Å². The third-order valence-electron chi connectivity index (χ3n) is 2.30. The molecule has 2 N–H and O–H groups in total. The van der Waals surface area contributed by atoms with Gasteiger partial charge in [0.2, 0.25) is 0 Å². The molecule has 0 bridgehead atoms. The molecule has 1 aliphatic rings. The Morgan fingerprint density at radius 1 is 1.50 bits per heavy atom. The summed E-state index contributed by atoms with van der Waals surface area (Å²) in [6.07, 6.45) is 0. The summed E-state index contributed by atoms with van der Waals surface area (Å²) in [5.41, 5.74) is 1.53. The van der Waals surface area contributed by atoms with Crippen LogP contribution in [0.3, 0.4) is 0 Å². The number of nitrogens with one attached hydrogen (secondary N) is 2. The van der Waals surface area contributed by atoms with Crippen LogP contribution >= 0.6 is 0 Å². The molecule has 1 fully saturated rings. The van der Waals surface area contributed by atoms with E-state index in [0.717, 1.165) is 5.56 Å². The summed E-state index contributed by atoms with van der Waals surface area (Å²) < 4.78 is 13.4. The number of aryl methyl sites for hydroxylation is 1.